The van der Waals surface area contributed by atoms with Crippen LogP contribution in [-0.2, 0) is 4.79 Å². The van der Waals surface area contributed by atoms with Crippen molar-refractivity contribution in [3.8, 4) is 0 Å². The van der Waals surface area contributed by atoms with E-state index in [4.69, 9.17) is 4.98 Å². The Morgan fingerprint density at radius 3 is 3.00 bits per heavy atom. The van der Waals surface area contributed by atoms with Crippen molar-refractivity contribution in [3.63, 3.8) is 0 Å². The third-order valence-electron chi connectivity index (χ3n) is 5.82. The molecule has 2 N–H and O–H groups in total. The maximum absolute atomic E-state index is 13.3. The minimum absolute atomic E-state index is 0.0550. The van der Waals surface area contributed by atoms with Crippen LogP contribution in [0.4, 0.5) is 11.5 Å². The Labute approximate surface area is 167 Å². The number of benzene rings is 1. The monoisotopic (exact) mass is 390 g/mol. The lowest BCUT2D eigenvalue weighted by molar-refractivity contribution is -0.116. The summed E-state index contributed by atoms with van der Waals surface area (Å²) < 4.78 is 0. The van der Waals surface area contributed by atoms with Crippen molar-refractivity contribution in [1.29, 1.82) is 0 Å². The first-order valence-corrected chi connectivity index (χ1v) is 9.79. The first kappa shape index (κ1) is 17.7. The molecule has 8 heteroatoms. The van der Waals surface area contributed by atoms with E-state index in [1.165, 1.54) is 0 Å². The van der Waals surface area contributed by atoms with Gasteiger partial charge < -0.3 is 20.1 Å². The molecule has 1 unspecified atom stereocenters. The summed E-state index contributed by atoms with van der Waals surface area (Å²) in [7, 11) is 1.70. The van der Waals surface area contributed by atoms with Gasteiger partial charge in [0.25, 0.3) is 5.91 Å². The molecule has 0 aliphatic carbocycles. The van der Waals surface area contributed by atoms with E-state index in [0.29, 0.717) is 23.6 Å². The third-order valence-corrected chi connectivity index (χ3v) is 5.82. The molecular weight excluding hydrogens is 368 g/mol. The minimum Gasteiger partial charge on any atom is -0.359 e. The molecule has 0 saturated carbocycles. The van der Waals surface area contributed by atoms with Crippen LogP contribution >= 0.6 is 0 Å². The largest absolute Gasteiger partial charge is 0.359 e. The number of pyridine rings is 1. The van der Waals surface area contributed by atoms with E-state index >= 15 is 0 Å². The Balaban J connectivity index is 1.47. The van der Waals surface area contributed by atoms with Gasteiger partial charge >= 0.3 is 0 Å². The van der Waals surface area contributed by atoms with E-state index < -0.39 is 0 Å². The highest BCUT2D eigenvalue weighted by molar-refractivity contribution is 6.03. The van der Waals surface area contributed by atoms with E-state index in [1.807, 2.05) is 30.0 Å². The number of fused-ring (bicyclic) bond motifs is 2. The Morgan fingerprint density at radius 1 is 1.31 bits per heavy atom. The van der Waals surface area contributed by atoms with Crippen LogP contribution in [0.15, 0.2) is 30.5 Å². The van der Waals surface area contributed by atoms with E-state index in [1.54, 1.807) is 24.2 Å². The lowest BCUT2D eigenvalue weighted by Gasteiger charge is -2.27. The zero-order valence-electron chi connectivity index (χ0n) is 16.4. The van der Waals surface area contributed by atoms with Crippen LogP contribution in [0.1, 0.15) is 40.6 Å². The lowest BCUT2D eigenvalue weighted by atomic mass is 10.1. The van der Waals surface area contributed by atoms with Crippen molar-refractivity contribution < 1.29 is 9.59 Å². The molecule has 2 amide bonds. The number of carbonyl (C=O) groups is 2. The first-order valence-electron chi connectivity index (χ1n) is 9.79. The summed E-state index contributed by atoms with van der Waals surface area (Å²) >= 11 is 0. The summed E-state index contributed by atoms with van der Waals surface area (Å²) in [4.78, 5) is 41.2. The van der Waals surface area contributed by atoms with Gasteiger partial charge in [-0.3, -0.25) is 9.59 Å². The Bertz CT molecular complexity index is 1140. The maximum atomic E-state index is 13.3. The van der Waals surface area contributed by atoms with Crippen LogP contribution in [0.2, 0.25) is 0 Å². The van der Waals surface area contributed by atoms with Crippen molar-refractivity contribution in [2.45, 2.75) is 25.8 Å². The van der Waals surface area contributed by atoms with Crippen molar-refractivity contribution in [2.75, 3.05) is 30.4 Å². The summed E-state index contributed by atoms with van der Waals surface area (Å²) in [6.45, 7) is 2.92. The average molecular weight is 390 g/mol. The second kappa shape index (κ2) is 6.58. The number of nitrogens with zero attached hydrogens (tertiary/aromatic N) is 4. The second-order valence-corrected chi connectivity index (χ2v) is 7.65. The Morgan fingerprint density at radius 2 is 2.17 bits per heavy atom. The number of nitrogens with one attached hydrogen (secondary N) is 2. The molecule has 2 aliphatic heterocycles. The number of hydrogen-bond donors (Lipinski definition) is 2. The Hall–Kier alpha value is -3.42. The number of H-pyrrole nitrogens is 1. The summed E-state index contributed by atoms with van der Waals surface area (Å²) in [5, 5.41) is 2.99. The van der Waals surface area contributed by atoms with Crippen LogP contribution in [0.25, 0.3) is 11.0 Å². The number of amides is 2. The third kappa shape index (κ3) is 2.83. The van der Waals surface area contributed by atoms with E-state index in [2.05, 4.69) is 15.3 Å². The van der Waals surface area contributed by atoms with Gasteiger partial charge in [0, 0.05) is 19.8 Å². The number of hydrogen-bond acceptors (Lipinski definition) is 5. The van der Waals surface area contributed by atoms with Crippen molar-refractivity contribution in [2.24, 2.45) is 0 Å². The topological polar surface area (TPSA) is 94.2 Å². The number of aryl methyl sites for hydroxylation is 1. The molecule has 2 aromatic heterocycles. The predicted molar refractivity (Wildman–Crippen MR) is 110 cm³/mol. The number of likely N-dealkylation sites (N-methyl/N-ethyl adjacent to an activating group) is 1. The molecule has 1 fully saturated rings. The minimum atomic E-state index is -0.0946. The quantitative estimate of drug-likeness (QED) is 0.702. The van der Waals surface area contributed by atoms with Crippen molar-refractivity contribution in [1.82, 2.24) is 19.9 Å². The number of carbonyl (C=O) groups excluding carboxylic acids is 2. The van der Waals surface area contributed by atoms with Crippen LogP contribution < -0.4 is 10.2 Å². The fourth-order valence-corrected chi connectivity index (χ4v) is 4.19. The van der Waals surface area contributed by atoms with Gasteiger partial charge in [-0.25, -0.2) is 9.97 Å². The number of likely N-dealkylation sites (tertiary alicyclic amines) is 1. The Kier molecular flexibility index (Phi) is 4.01. The molecule has 4 heterocycles. The molecule has 0 bridgehead atoms. The maximum Gasteiger partial charge on any atom is 0.256 e. The van der Waals surface area contributed by atoms with E-state index in [-0.39, 0.29) is 24.4 Å². The molecule has 8 nitrogen and oxygen atoms in total. The number of rotatable bonds is 2. The van der Waals surface area contributed by atoms with Gasteiger partial charge in [-0.05, 0) is 37.5 Å². The molecule has 1 saturated heterocycles. The second-order valence-electron chi connectivity index (χ2n) is 7.65. The summed E-state index contributed by atoms with van der Waals surface area (Å²) in [5.41, 5.74) is 4.15. The van der Waals surface area contributed by atoms with Crippen LogP contribution in [0.5, 0.6) is 0 Å². The number of aromatic amines is 1. The van der Waals surface area contributed by atoms with Crippen molar-refractivity contribution >= 4 is 34.4 Å². The standard InChI is InChI=1S/C21H22N6O2/c1-12-5-3-6-14-18(12)25-20(24-14)15-7-4-8-27(15)21(29)13-9-16-19(22-10-13)23-11-17(28)26(16)2/h3,5-6,9-10,15H,4,7-8,11H2,1-2H3,(H,22,23)(H,24,25). The van der Waals surface area contributed by atoms with E-state index in [0.717, 1.165) is 35.3 Å². The normalized spacial score (nSPS) is 18.8. The van der Waals surface area contributed by atoms with Crippen LogP contribution in [0.3, 0.4) is 0 Å². The molecule has 5 rings (SSSR count). The summed E-state index contributed by atoms with van der Waals surface area (Å²) in [6, 6.07) is 7.69. The smallest absolute Gasteiger partial charge is 0.256 e. The molecule has 29 heavy (non-hydrogen) atoms. The van der Waals surface area contributed by atoms with Crippen molar-refractivity contribution in [3.05, 3.63) is 47.4 Å². The number of imidazole rings is 1. The van der Waals surface area contributed by atoms with Gasteiger partial charge in [0.15, 0.2) is 0 Å². The summed E-state index contributed by atoms with van der Waals surface area (Å²) in [5.74, 6) is 1.29. The zero-order chi connectivity index (χ0) is 20.1. The van der Waals surface area contributed by atoms with Crippen LogP contribution in [-0.4, -0.2) is 51.8 Å². The fraction of sp³-hybridized carbons (Fsp3) is 0.333. The SMILES string of the molecule is Cc1cccc2[nH]c(C3CCCN3C(=O)c3cnc4c(c3)N(C)C(=O)CN4)nc12. The molecule has 1 aromatic carbocycles. The highest BCUT2D eigenvalue weighted by Crippen LogP contribution is 2.34. The number of anilines is 2. The van der Waals surface area contributed by atoms with Gasteiger partial charge in [-0.1, -0.05) is 12.1 Å². The fourth-order valence-electron chi connectivity index (χ4n) is 4.19. The van der Waals surface area contributed by atoms with Gasteiger partial charge in [0.2, 0.25) is 5.91 Å². The first-order chi connectivity index (χ1) is 14.0. The molecule has 1 atom stereocenters. The van der Waals surface area contributed by atoms with E-state index in [9.17, 15) is 9.59 Å². The number of aromatic nitrogens is 3. The van der Waals surface area contributed by atoms with Gasteiger partial charge in [0.1, 0.15) is 11.6 Å². The molecule has 3 aromatic rings. The highest BCUT2D eigenvalue weighted by Gasteiger charge is 2.34. The predicted octanol–water partition coefficient (Wildman–Crippen LogP) is 2.63. The molecule has 148 valence electrons. The van der Waals surface area contributed by atoms with Gasteiger partial charge in [0.05, 0.1) is 34.9 Å². The molecule has 0 radical (unpaired) electrons. The zero-order valence-corrected chi connectivity index (χ0v) is 16.4. The molecular formula is C21H22N6O2. The lowest BCUT2D eigenvalue weighted by Crippen LogP contribution is -2.38. The summed E-state index contributed by atoms with van der Waals surface area (Å²) in [6.07, 6.45) is 3.36. The number of para-hydroxylation sites is 1. The average Bonchev–Trinajstić information content (AvgIpc) is 3.37. The molecule has 2 aliphatic rings. The van der Waals surface area contributed by atoms with Crippen LogP contribution in [0, 0.1) is 6.92 Å². The highest BCUT2D eigenvalue weighted by atomic mass is 16.2. The molecule has 0 spiro atoms. The van der Waals surface area contributed by atoms with Gasteiger partial charge in [-0.2, -0.15) is 0 Å². The van der Waals surface area contributed by atoms with Gasteiger partial charge in [-0.15, -0.1) is 0 Å².